The molecule has 4 nitrogen and oxygen atoms in total. The number of carbonyl (C=O) groups excluding carboxylic acids is 2. The molecule has 0 heterocycles. The first-order valence-corrected chi connectivity index (χ1v) is 8.91. The third-order valence-corrected chi connectivity index (χ3v) is 4.67. The first-order chi connectivity index (χ1) is 11.7. The summed E-state index contributed by atoms with van der Waals surface area (Å²) in [5, 5.41) is 5.89. The number of nitrogens with one attached hydrogen (secondary N) is 2. The lowest BCUT2D eigenvalue weighted by Crippen LogP contribution is -2.37. The molecule has 0 spiro atoms. The number of carbonyl (C=O) groups is 2. The molecule has 1 aromatic carbocycles. The Morgan fingerprint density at radius 1 is 1.00 bits per heavy atom. The Labute approximate surface area is 144 Å². The van der Waals surface area contributed by atoms with Crippen LogP contribution in [0.15, 0.2) is 43.0 Å². The fourth-order valence-corrected chi connectivity index (χ4v) is 3.23. The molecule has 1 aliphatic rings. The SMILES string of the molecule is C=CCNC(=O)C1CCC(C(=O)NCCCc2ccccc2)CC1. The Balaban J connectivity index is 1.62. The lowest BCUT2D eigenvalue weighted by molar-refractivity contribution is -0.130. The van der Waals surface area contributed by atoms with E-state index in [1.807, 2.05) is 18.2 Å². The van der Waals surface area contributed by atoms with Crippen molar-refractivity contribution in [2.45, 2.75) is 38.5 Å². The first kappa shape index (κ1) is 18.2. The molecule has 130 valence electrons. The number of rotatable bonds is 8. The highest BCUT2D eigenvalue weighted by molar-refractivity contribution is 5.81. The minimum atomic E-state index is 0.0482. The number of hydrogen-bond donors (Lipinski definition) is 2. The molecule has 2 rings (SSSR count). The maximum Gasteiger partial charge on any atom is 0.223 e. The second-order valence-electron chi connectivity index (χ2n) is 6.46. The summed E-state index contributed by atoms with van der Waals surface area (Å²) in [5.74, 6) is 0.349. The summed E-state index contributed by atoms with van der Waals surface area (Å²) in [6, 6.07) is 10.3. The van der Waals surface area contributed by atoms with Gasteiger partial charge in [0.25, 0.3) is 0 Å². The molecule has 0 bridgehead atoms. The number of benzene rings is 1. The number of aryl methyl sites for hydroxylation is 1. The third kappa shape index (κ3) is 5.84. The van der Waals surface area contributed by atoms with Gasteiger partial charge in [0.15, 0.2) is 0 Å². The van der Waals surface area contributed by atoms with Crippen LogP contribution in [0.25, 0.3) is 0 Å². The lowest BCUT2D eigenvalue weighted by atomic mass is 9.81. The number of amides is 2. The summed E-state index contributed by atoms with van der Waals surface area (Å²) in [6.07, 6.45) is 6.82. The van der Waals surface area contributed by atoms with Crippen molar-refractivity contribution in [3.8, 4) is 0 Å². The van der Waals surface area contributed by atoms with Crippen molar-refractivity contribution in [2.75, 3.05) is 13.1 Å². The van der Waals surface area contributed by atoms with Gasteiger partial charge >= 0.3 is 0 Å². The monoisotopic (exact) mass is 328 g/mol. The highest BCUT2D eigenvalue weighted by atomic mass is 16.2. The van der Waals surface area contributed by atoms with E-state index in [1.54, 1.807) is 6.08 Å². The maximum atomic E-state index is 12.2. The van der Waals surface area contributed by atoms with Gasteiger partial charge in [-0.05, 0) is 44.1 Å². The van der Waals surface area contributed by atoms with E-state index in [0.717, 1.165) is 38.5 Å². The Kier molecular flexibility index (Phi) is 7.53. The molecule has 2 N–H and O–H groups in total. The Morgan fingerprint density at radius 3 is 2.17 bits per heavy atom. The third-order valence-electron chi connectivity index (χ3n) is 4.67. The van der Waals surface area contributed by atoms with Gasteiger partial charge in [-0.15, -0.1) is 6.58 Å². The number of hydrogen-bond acceptors (Lipinski definition) is 2. The Hall–Kier alpha value is -2.10. The van der Waals surface area contributed by atoms with E-state index in [0.29, 0.717) is 13.1 Å². The average molecular weight is 328 g/mol. The molecule has 1 fully saturated rings. The smallest absolute Gasteiger partial charge is 0.223 e. The molecule has 0 atom stereocenters. The van der Waals surface area contributed by atoms with Crippen LogP contribution in [0, 0.1) is 11.8 Å². The molecule has 0 saturated heterocycles. The van der Waals surface area contributed by atoms with Gasteiger partial charge in [-0.1, -0.05) is 36.4 Å². The van der Waals surface area contributed by atoms with Crippen LogP contribution in [-0.2, 0) is 16.0 Å². The van der Waals surface area contributed by atoms with Gasteiger partial charge in [-0.25, -0.2) is 0 Å². The van der Waals surface area contributed by atoms with E-state index in [9.17, 15) is 9.59 Å². The summed E-state index contributed by atoms with van der Waals surface area (Å²) in [6.45, 7) is 4.83. The van der Waals surface area contributed by atoms with Crippen LogP contribution >= 0.6 is 0 Å². The topological polar surface area (TPSA) is 58.2 Å². The molecule has 1 aliphatic carbocycles. The van der Waals surface area contributed by atoms with Gasteiger partial charge in [0, 0.05) is 24.9 Å². The highest BCUT2D eigenvalue weighted by Crippen LogP contribution is 2.29. The van der Waals surface area contributed by atoms with E-state index >= 15 is 0 Å². The van der Waals surface area contributed by atoms with Gasteiger partial charge in [0.1, 0.15) is 0 Å². The van der Waals surface area contributed by atoms with Crippen LogP contribution in [-0.4, -0.2) is 24.9 Å². The van der Waals surface area contributed by atoms with Crippen LogP contribution < -0.4 is 10.6 Å². The van der Waals surface area contributed by atoms with Gasteiger partial charge < -0.3 is 10.6 Å². The van der Waals surface area contributed by atoms with Crippen molar-refractivity contribution < 1.29 is 9.59 Å². The average Bonchev–Trinajstić information content (AvgIpc) is 2.64. The zero-order valence-electron chi connectivity index (χ0n) is 14.3. The fraction of sp³-hybridized carbons (Fsp3) is 0.500. The van der Waals surface area contributed by atoms with E-state index in [2.05, 4.69) is 29.3 Å². The highest BCUT2D eigenvalue weighted by Gasteiger charge is 2.29. The summed E-state index contributed by atoms with van der Waals surface area (Å²) in [5.41, 5.74) is 1.30. The first-order valence-electron chi connectivity index (χ1n) is 8.91. The van der Waals surface area contributed by atoms with Crippen molar-refractivity contribution >= 4 is 11.8 Å². The molecule has 0 aliphatic heterocycles. The second kappa shape index (κ2) is 9.91. The normalized spacial score (nSPS) is 20.2. The predicted octanol–water partition coefficient (Wildman–Crippen LogP) is 2.84. The lowest BCUT2D eigenvalue weighted by Gasteiger charge is -2.27. The van der Waals surface area contributed by atoms with Crippen molar-refractivity contribution in [2.24, 2.45) is 11.8 Å². The van der Waals surface area contributed by atoms with Crippen molar-refractivity contribution in [3.63, 3.8) is 0 Å². The minimum absolute atomic E-state index is 0.0482. The molecule has 0 radical (unpaired) electrons. The van der Waals surface area contributed by atoms with E-state index in [-0.39, 0.29) is 23.7 Å². The summed E-state index contributed by atoms with van der Waals surface area (Å²) >= 11 is 0. The van der Waals surface area contributed by atoms with E-state index < -0.39 is 0 Å². The minimum Gasteiger partial charge on any atom is -0.356 e. The predicted molar refractivity (Wildman–Crippen MR) is 96.4 cm³/mol. The van der Waals surface area contributed by atoms with Crippen LogP contribution in [0.5, 0.6) is 0 Å². The van der Waals surface area contributed by atoms with Gasteiger partial charge in [0.2, 0.25) is 11.8 Å². The summed E-state index contributed by atoms with van der Waals surface area (Å²) in [4.78, 5) is 24.2. The van der Waals surface area contributed by atoms with Crippen molar-refractivity contribution in [1.82, 2.24) is 10.6 Å². The van der Waals surface area contributed by atoms with Crippen LogP contribution in [0.3, 0.4) is 0 Å². The molecule has 0 aromatic heterocycles. The molecular weight excluding hydrogens is 300 g/mol. The summed E-state index contributed by atoms with van der Waals surface area (Å²) in [7, 11) is 0. The Bertz CT molecular complexity index is 534. The summed E-state index contributed by atoms with van der Waals surface area (Å²) < 4.78 is 0. The molecular formula is C20H28N2O2. The Morgan fingerprint density at radius 2 is 1.58 bits per heavy atom. The van der Waals surface area contributed by atoms with Crippen LogP contribution in [0.1, 0.15) is 37.7 Å². The maximum absolute atomic E-state index is 12.2. The van der Waals surface area contributed by atoms with E-state index in [1.165, 1.54) is 5.56 Å². The second-order valence-corrected chi connectivity index (χ2v) is 6.46. The van der Waals surface area contributed by atoms with Crippen LogP contribution in [0.4, 0.5) is 0 Å². The van der Waals surface area contributed by atoms with Gasteiger partial charge in [-0.3, -0.25) is 9.59 Å². The molecule has 4 heteroatoms. The molecule has 1 aromatic rings. The van der Waals surface area contributed by atoms with Crippen LogP contribution in [0.2, 0.25) is 0 Å². The van der Waals surface area contributed by atoms with Gasteiger partial charge in [0.05, 0.1) is 0 Å². The molecule has 1 saturated carbocycles. The standard InChI is InChI=1S/C20H28N2O2/c1-2-14-21-19(23)17-10-12-18(13-11-17)20(24)22-15-6-9-16-7-4-3-5-8-16/h2-5,7-8,17-18H,1,6,9-15H2,(H,21,23)(H,22,24). The quantitative estimate of drug-likeness (QED) is 0.569. The largest absolute Gasteiger partial charge is 0.356 e. The van der Waals surface area contributed by atoms with Gasteiger partial charge in [-0.2, -0.15) is 0 Å². The van der Waals surface area contributed by atoms with Crippen molar-refractivity contribution in [1.29, 1.82) is 0 Å². The molecule has 0 unspecified atom stereocenters. The zero-order chi connectivity index (χ0) is 17.2. The van der Waals surface area contributed by atoms with E-state index in [4.69, 9.17) is 0 Å². The molecule has 2 amide bonds. The van der Waals surface area contributed by atoms with Crippen molar-refractivity contribution in [3.05, 3.63) is 48.6 Å². The zero-order valence-corrected chi connectivity index (χ0v) is 14.3. The fourth-order valence-electron chi connectivity index (χ4n) is 3.23. The molecule has 24 heavy (non-hydrogen) atoms.